The minimum Gasteiger partial charge on any atom is -0.463 e. The van der Waals surface area contributed by atoms with E-state index in [9.17, 15) is 4.79 Å². The molecule has 2 aliphatic rings. The molecule has 0 unspecified atom stereocenters. The molecule has 4 nitrogen and oxygen atoms in total. The lowest BCUT2D eigenvalue weighted by Gasteiger charge is -2.24. The summed E-state index contributed by atoms with van der Waals surface area (Å²) in [6, 6.07) is 10.6. The van der Waals surface area contributed by atoms with Crippen molar-refractivity contribution in [3.8, 4) is 0 Å². The van der Waals surface area contributed by atoms with Crippen LogP contribution >= 0.6 is 0 Å². The number of benzene rings is 1. The van der Waals surface area contributed by atoms with Gasteiger partial charge in [-0.1, -0.05) is 50.6 Å². The van der Waals surface area contributed by atoms with Gasteiger partial charge in [0, 0.05) is 12.0 Å². The first-order valence-electron chi connectivity index (χ1n) is 9.75. The average Bonchev–Trinajstić information content (AvgIpc) is 3.24. The normalized spacial score (nSPS) is 25.5. The first-order chi connectivity index (χ1) is 12.2. The minimum absolute atomic E-state index is 0.155. The molecule has 0 saturated carbocycles. The van der Waals surface area contributed by atoms with Crippen molar-refractivity contribution in [2.75, 3.05) is 19.7 Å². The molecule has 1 aromatic rings. The molecule has 1 aromatic carbocycles. The Morgan fingerprint density at radius 2 is 2.04 bits per heavy atom. The molecular formula is C21H31NO3. The highest BCUT2D eigenvalue weighted by Gasteiger charge is 2.38. The topological polar surface area (TPSA) is 38.8 Å². The van der Waals surface area contributed by atoms with E-state index >= 15 is 0 Å². The Hall–Kier alpha value is -1.39. The van der Waals surface area contributed by atoms with Gasteiger partial charge < -0.3 is 9.47 Å². The molecule has 2 saturated heterocycles. The Morgan fingerprint density at radius 3 is 2.80 bits per heavy atom. The molecule has 2 heterocycles. The van der Waals surface area contributed by atoms with Crippen LogP contribution in [-0.2, 0) is 20.9 Å². The second-order valence-corrected chi connectivity index (χ2v) is 7.53. The van der Waals surface area contributed by atoms with Crippen molar-refractivity contribution in [1.82, 2.24) is 4.90 Å². The van der Waals surface area contributed by atoms with Crippen LogP contribution in [0.3, 0.4) is 0 Å². The van der Waals surface area contributed by atoms with E-state index < -0.39 is 6.10 Å². The van der Waals surface area contributed by atoms with Crippen LogP contribution in [0.25, 0.3) is 0 Å². The first kappa shape index (κ1) is 18.4. The van der Waals surface area contributed by atoms with Crippen LogP contribution in [0, 0.1) is 11.8 Å². The van der Waals surface area contributed by atoms with Crippen molar-refractivity contribution in [3.63, 3.8) is 0 Å². The molecule has 3 rings (SSSR count). The fraction of sp³-hybridized carbons (Fsp3) is 0.667. The SMILES string of the molecule is CC[C@@H](C)[C@@H](OCc1ccccc1)C(=O)OC[C@H]1CCN2CCC[C@@H]12. The van der Waals surface area contributed by atoms with Gasteiger partial charge in [-0.15, -0.1) is 0 Å². The molecule has 0 aromatic heterocycles. The zero-order chi connectivity index (χ0) is 17.6. The summed E-state index contributed by atoms with van der Waals surface area (Å²) in [5.41, 5.74) is 1.08. The van der Waals surface area contributed by atoms with Crippen LogP contribution < -0.4 is 0 Å². The summed E-state index contributed by atoms with van der Waals surface area (Å²) in [5.74, 6) is 0.461. The smallest absolute Gasteiger partial charge is 0.335 e. The summed E-state index contributed by atoms with van der Waals surface area (Å²) in [4.78, 5) is 15.2. The number of carbonyl (C=O) groups is 1. The van der Waals surface area contributed by atoms with Gasteiger partial charge in [0.05, 0.1) is 13.2 Å². The maximum Gasteiger partial charge on any atom is 0.335 e. The second-order valence-electron chi connectivity index (χ2n) is 7.53. The highest BCUT2D eigenvalue weighted by Crippen LogP contribution is 2.33. The summed E-state index contributed by atoms with van der Waals surface area (Å²) < 4.78 is 11.7. The third kappa shape index (κ3) is 4.62. The molecule has 0 spiro atoms. The zero-order valence-corrected chi connectivity index (χ0v) is 15.5. The molecule has 0 aliphatic carbocycles. The number of carbonyl (C=O) groups excluding carboxylic acids is 1. The Morgan fingerprint density at radius 1 is 1.24 bits per heavy atom. The number of hydrogen-bond acceptors (Lipinski definition) is 4. The molecule has 0 radical (unpaired) electrons. The molecule has 2 aliphatic heterocycles. The summed E-state index contributed by atoms with van der Waals surface area (Å²) in [7, 11) is 0. The van der Waals surface area contributed by atoms with Gasteiger partial charge in [-0.25, -0.2) is 4.79 Å². The predicted molar refractivity (Wildman–Crippen MR) is 98.1 cm³/mol. The van der Waals surface area contributed by atoms with Crippen molar-refractivity contribution < 1.29 is 14.3 Å². The van der Waals surface area contributed by atoms with Gasteiger partial charge in [-0.2, -0.15) is 0 Å². The molecule has 4 atom stereocenters. The van der Waals surface area contributed by atoms with E-state index in [1.54, 1.807) is 0 Å². The van der Waals surface area contributed by atoms with Gasteiger partial charge in [0.1, 0.15) is 0 Å². The maximum absolute atomic E-state index is 12.7. The zero-order valence-electron chi connectivity index (χ0n) is 15.5. The molecule has 0 amide bonds. The lowest BCUT2D eigenvalue weighted by molar-refractivity contribution is -0.163. The number of esters is 1. The fourth-order valence-electron chi connectivity index (χ4n) is 4.09. The van der Waals surface area contributed by atoms with Gasteiger partial charge in [-0.3, -0.25) is 4.90 Å². The predicted octanol–water partition coefficient (Wildman–Crippen LogP) is 3.65. The molecule has 25 heavy (non-hydrogen) atoms. The van der Waals surface area contributed by atoms with Crippen LogP contribution in [0.4, 0.5) is 0 Å². The van der Waals surface area contributed by atoms with E-state index in [-0.39, 0.29) is 11.9 Å². The van der Waals surface area contributed by atoms with E-state index in [1.807, 2.05) is 30.3 Å². The highest BCUT2D eigenvalue weighted by atomic mass is 16.6. The Labute approximate surface area is 151 Å². The van der Waals surface area contributed by atoms with Gasteiger partial charge in [0.15, 0.2) is 6.10 Å². The van der Waals surface area contributed by atoms with Crippen molar-refractivity contribution in [2.45, 2.75) is 58.3 Å². The standard InChI is InChI=1S/C21H31NO3/c1-3-16(2)20(24-14-17-8-5-4-6-9-17)21(23)25-15-18-11-13-22-12-7-10-19(18)22/h4-6,8-9,16,18-20H,3,7,10-15H2,1-2H3/t16-,18-,19+,20-/m1/s1. The third-order valence-electron chi connectivity index (χ3n) is 5.85. The summed E-state index contributed by atoms with van der Waals surface area (Å²) >= 11 is 0. The summed E-state index contributed by atoms with van der Waals surface area (Å²) in [5, 5.41) is 0. The summed E-state index contributed by atoms with van der Waals surface area (Å²) in [6.45, 7) is 7.51. The molecule has 0 N–H and O–H groups in total. The number of hydrogen-bond donors (Lipinski definition) is 0. The van der Waals surface area contributed by atoms with Gasteiger partial charge >= 0.3 is 5.97 Å². The van der Waals surface area contributed by atoms with Crippen molar-refractivity contribution in [2.24, 2.45) is 11.8 Å². The lowest BCUT2D eigenvalue weighted by atomic mass is 9.99. The van der Waals surface area contributed by atoms with Crippen LogP contribution in [0.15, 0.2) is 30.3 Å². The van der Waals surface area contributed by atoms with Gasteiger partial charge in [0.2, 0.25) is 0 Å². The fourth-order valence-corrected chi connectivity index (χ4v) is 4.09. The molecule has 0 bridgehead atoms. The number of nitrogens with zero attached hydrogens (tertiary/aromatic N) is 1. The van der Waals surface area contributed by atoms with Crippen LogP contribution in [0.5, 0.6) is 0 Å². The van der Waals surface area contributed by atoms with Crippen molar-refractivity contribution in [1.29, 1.82) is 0 Å². The Kier molecular flexibility index (Phi) is 6.49. The van der Waals surface area contributed by atoms with E-state index in [2.05, 4.69) is 18.7 Å². The van der Waals surface area contributed by atoms with E-state index in [4.69, 9.17) is 9.47 Å². The monoisotopic (exact) mass is 345 g/mol. The Balaban J connectivity index is 1.52. The quantitative estimate of drug-likeness (QED) is 0.674. The summed E-state index contributed by atoms with van der Waals surface area (Å²) in [6.07, 6.45) is 4.10. The highest BCUT2D eigenvalue weighted by molar-refractivity contribution is 5.75. The van der Waals surface area contributed by atoms with Crippen molar-refractivity contribution in [3.05, 3.63) is 35.9 Å². The number of ether oxygens (including phenoxy) is 2. The first-order valence-corrected chi connectivity index (χ1v) is 9.75. The third-order valence-corrected chi connectivity index (χ3v) is 5.85. The van der Waals surface area contributed by atoms with Crippen molar-refractivity contribution >= 4 is 5.97 Å². The van der Waals surface area contributed by atoms with Gasteiger partial charge in [-0.05, 0) is 43.8 Å². The lowest BCUT2D eigenvalue weighted by Crippen LogP contribution is -2.35. The largest absolute Gasteiger partial charge is 0.463 e. The second kappa shape index (κ2) is 8.81. The van der Waals surface area contributed by atoms with E-state index in [1.165, 1.54) is 19.4 Å². The molecule has 138 valence electrons. The minimum atomic E-state index is -0.480. The van der Waals surface area contributed by atoms with E-state index in [0.717, 1.165) is 24.9 Å². The molecular weight excluding hydrogens is 314 g/mol. The van der Waals surface area contributed by atoms with E-state index in [0.29, 0.717) is 25.2 Å². The average molecular weight is 345 g/mol. The van der Waals surface area contributed by atoms with Crippen LogP contribution in [-0.4, -0.2) is 42.7 Å². The Bertz CT molecular complexity index is 547. The molecule has 4 heteroatoms. The van der Waals surface area contributed by atoms with Crippen LogP contribution in [0.1, 0.15) is 45.1 Å². The number of fused-ring (bicyclic) bond motifs is 1. The van der Waals surface area contributed by atoms with Crippen LogP contribution in [0.2, 0.25) is 0 Å². The maximum atomic E-state index is 12.7. The molecule has 2 fully saturated rings. The number of rotatable bonds is 8. The van der Waals surface area contributed by atoms with Gasteiger partial charge in [0.25, 0.3) is 0 Å².